The van der Waals surface area contributed by atoms with Crippen LogP contribution in [0.25, 0.3) is 0 Å². The van der Waals surface area contributed by atoms with E-state index in [0.29, 0.717) is 53.4 Å². The van der Waals surface area contributed by atoms with E-state index in [9.17, 15) is 19.2 Å². The normalized spacial score (nSPS) is 17.5. The number of ketones is 2. The van der Waals surface area contributed by atoms with Gasteiger partial charge in [-0.3, -0.25) is 19.2 Å². The maximum atomic E-state index is 13.0. The van der Waals surface area contributed by atoms with Gasteiger partial charge in [-0.1, -0.05) is 43.6 Å². The molecule has 2 unspecified atom stereocenters. The van der Waals surface area contributed by atoms with Crippen molar-refractivity contribution in [1.29, 1.82) is 0 Å². The molecular weight excluding hydrogens is 636 g/mol. The molecule has 0 aliphatic heterocycles. The molecule has 0 heterocycles. The zero-order valence-corrected chi connectivity index (χ0v) is 26.4. The number of carbonyl (C=O) groups excluding carboxylic acids is 4. The number of alkyl halides is 1. The van der Waals surface area contributed by atoms with E-state index in [2.05, 4.69) is 20.7 Å². The summed E-state index contributed by atoms with van der Waals surface area (Å²) in [4.78, 5) is 49.1. The second kappa shape index (κ2) is 17.0. The summed E-state index contributed by atoms with van der Waals surface area (Å²) in [5, 5.41) is 0.917. The molecule has 0 bridgehead atoms. The van der Waals surface area contributed by atoms with Crippen LogP contribution >= 0.6 is 15.9 Å². The molecule has 244 valence electrons. The predicted octanol–water partition coefficient (Wildman–Crippen LogP) is 6.06. The van der Waals surface area contributed by atoms with E-state index < -0.39 is 23.3 Å². The molecular formula is C33H45BrO10. The summed E-state index contributed by atoms with van der Waals surface area (Å²) in [6.07, 6.45) is 3.96. The Morgan fingerprint density at radius 2 is 1.27 bits per heavy atom. The maximum absolute atomic E-state index is 13.0. The largest absolute Gasteiger partial charge is 0.493 e. The Morgan fingerprint density at radius 3 is 1.77 bits per heavy atom. The van der Waals surface area contributed by atoms with Gasteiger partial charge in [0, 0.05) is 16.5 Å². The molecule has 2 aromatic rings. The summed E-state index contributed by atoms with van der Waals surface area (Å²) in [5.41, 5.74) is 1.50. The minimum atomic E-state index is -1.12. The molecule has 2 aromatic carbocycles. The summed E-state index contributed by atoms with van der Waals surface area (Å²) >= 11 is 3.40. The molecule has 0 aromatic heterocycles. The van der Waals surface area contributed by atoms with Gasteiger partial charge in [-0.05, 0) is 61.1 Å². The molecule has 0 saturated heterocycles. The number of ether oxygens (including phenoxy) is 6. The Hall–Kier alpha value is -3.60. The zero-order valence-electron chi connectivity index (χ0n) is 24.8. The lowest BCUT2D eigenvalue weighted by Crippen LogP contribution is -2.38. The highest BCUT2D eigenvalue weighted by Gasteiger charge is 2.52. The fraction of sp³-hybridized carbons (Fsp3) is 0.515. The van der Waals surface area contributed by atoms with E-state index >= 15 is 0 Å². The van der Waals surface area contributed by atoms with Crippen LogP contribution in [0.15, 0.2) is 24.3 Å². The third-order valence-electron chi connectivity index (χ3n) is 7.70. The van der Waals surface area contributed by atoms with E-state index in [1.807, 2.05) is 0 Å². The average Bonchev–Trinajstić information content (AvgIpc) is 3.49. The molecule has 0 fully saturated rings. The quantitative estimate of drug-likeness (QED) is 0.120. The van der Waals surface area contributed by atoms with Crippen molar-refractivity contribution in [2.24, 2.45) is 11.3 Å². The Labute approximate surface area is 268 Å². The van der Waals surface area contributed by atoms with Crippen molar-refractivity contribution in [3.05, 3.63) is 46.5 Å². The lowest BCUT2D eigenvalue weighted by molar-refractivity contribution is -0.150. The number of hydrogen-bond acceptors (Lipinski definition) is 10. The van der Waals surface area contributed by atoms with Crippen molar-refractivity contribution in [2.45, 2.75) is 53.4 Å². The second-order valence-corrected chi connectivity index (χ2v) is 10.7. The molecule has 0 N–H and O–H groups in total. The fourth-order valence-corrected chi connectivity index (χ4v) is 5.85. The van der Waals surface area contributed by atoms with Crippen LogP contribution in [0.2, 0.25) is 0 Å². The summed E-state index contributed by atoms with van der Waals surface area (Å²) in [5.74, 6) is -0.0309. The Kier molecular flexibility index (Phi) is 14.9. The van der Waals surface area contributed by atoms with E-state index in [4.69, 9.17) is 23.7 Å². The molecule has 0 saturated carbocycles. The van der Waals surface area contributed by atoms with Crippen molar-refractivity contribution in [1.82, 2.24) is 0 Å². The van der Waals surface area contributed by atoms with Crippen LogP contribution in [0.5, 0.6) is 23.0 Å². The summed E-state index contributed by atoms with van der Waals surface area (Å²) in [6, 6.07) is 6.79. The highest BCUT2D eigenvalue weighted by Crippen LogP contribution is 2.45. The van der Waals surface area contributed by atoms with Crippen LogP contribution in [0.4, 0.5) is 0 Å². The van der Waals surface area contributed by atoms with Gasteiger partial charge in [-0.2, -0.15) is 0 Å². The standard InChI is InChI=1S/C18H23BrO5.C13H14O5.2CH4/c1-22-14-9-12-11-18(17(21)24-3,7-5-4-6-8-19)16(20)13(12)10-15(14)23-2;1-16-10-5-7-4-9(13(15)18-3)12(14)8(7)6-11(10)17-2;;/h9-10H,4-8,11H2,1-3H3;5-6,9H,4H2,1-3H3;2*1H4. The average molecular weight is 682 g/mol. The highest BCUT2D eigenvalue weighted by molar-refractivity contribution is 9.09. The van der Waals surface area contributed by atoms with E-state index in [-0.39, 0.29) is 26.4 Å². The maximum Gasteiger partial charge on any atom is 0.320 e. The highest BCUT2D eigenvalue weighted by atomic mass is 79.9. The van der Waals surface area contributed by atoms with Gasteiger partial charge in [0.05, 0.1) is 42.7 Å². The van der Waals surface area contributed by atoms with Crippen LogP contribution in [-0.2, 0) is 31.9 Å². The fourth-order valence-electron chi connectivity index (χ4n) is 5.46. The first-order chi connectivity index (χ1) is 20.2. The van der Waals surface area contributed by atoms with Crippen molar-refractivity contribution in [2.75, 3.05) is 48.0 Å². The van der Waals surface area contributed by atoms with Gasteiger partial charge in [-0.15, -0.1) is 0 Å². The van der Waals surface area contributed by atoms with Gasteiger partial charge in [0.25, 0.3) is 0 Å². The molecule has 2 atom stereocenters. The number of unbranched alkanes of at least 4 members (excludes halogenated alkanes) is 2. The van der Waals surface area contributed by atoms with E-state index in [1.54, 1.807) is 31.4 Å². The lowest BCUT2D eigenvalue weighted by atomic mass is 9.78. The van der Waals surface area contributed by atoms with Gasteiger partial charge < -0.3 is 28.4 Å². The minimum Gasteiger partial charge on any atom is -0.493 e. The molecule has 0 amide bonds. The van der Waals surface area contributed by atoms with Gasteiger partial charge >= 0.3 is 11.9 Å². The number of fused-ring (bicyclic) bond motifs is 2. The Morgan fingerprint density at radius 1 is 0.750 bits per heavy atom. The molecule has 0 radical (unpaired) electrons. The third kappa shape index (κ3) is 7.54. The number of halogens is 1. The monoisotopic (exact) mass is 680 g/mol. The number of Topliss-reactive ketones (excluding diaryl/α,β-unsaturated/α-hetero) is 2. The molecule has 2 aliphatic carbocycles. The second-order valence-electron chi connectivity index (χ2n) is 9.95. The van der Waals surface area contributed by atoms with Crippen molar-refractivity contribution >= 4 is 39.4 Å². The van der Waals surface area contributed by atoms with Crippen molar-refractivity contribution in [3.63, 3.8) is 0 Å². The van der Waals surface area contributed by atoms with Gasteiger partial charge in [0.2, 0.25) is 0 Å². The van der Waals surface area contributed by atoms with Crippen LogP contribution < -0.4 is 18.9 Å². The number of methoxy groups -OCH3 is 6. The number of rotatable bonds is 11. The van der Waals surface area contributed by atoms with Gasteiger partial charge in [0.1, 0.15) is 11.3 Å². The number of carbonyl (C=O) groups is 4. The smallest absolute Gasteiger partial charge is 0.320 e. The number of esters is 2. The van der Waals surface area contributed by atoms with Gasteiger partial charge in [-0.25, -0.2) is 0 Å². The van der Waals surface area contributed by atoms with Crippen LogP contribution in [0, 0.1) is 11.3 Å². The summed E-state index contributed by atoms with van der Waals surface area (Å²) in [7, 11) is 8.71. The minimum absolute atomic E-state index is 0. The first kappa shape index (κ1) is 38.4. The Bertz CT molecular complexity index is 1340. The van der Waals surface area contributed by atoms with Crippen LogP contribution in [0.3, 0.4) is 0 Å². The molecule has 2 aliphatic rings. The molecule has 11 heteroatoms. The Balaban J connectivity index is 0.000000436. The molecule has 0 spiro atoms. The summed E-state index contributed by atoms with van der Waals surface area (Å²) in [6.45, 7) is 0. The molecule has 4 rings (SSSR count). The predicted molar refractivity (Wildman–Crippen MR) is 171 cm³/mol. The zero-order chi connectivity index (χ0) is 31.0. The third-order valence-corrected chi connectivity index (χ3v) is 8.26. The molecule has 44 heavy (non-hydrogen) atoms. The van der Waals surface area contributed by atoms with E-state index in [0.717, 1.165) is 35.7 Å². The lowest BCUT2D eigenvalue weighted by Gasteiger charge is -2.24. The van der Waals surface area contributed by atoms with Crippen LogP contribution in [0.1, 0.15) is 72.4 Å². The first-order valence-electron chi connectivity index (χ1n) is 13.5. The SMILES string of the molecule is C.C.COC(=O)C1(CCCCCBr)Cc2cc(OC)c(OC)cc2C1=O.COC(=O)C1Cc2cc(OC)c(OC)cc2C1=O. The first-order valence-corrected chi connectivity index (χ1v) is 14.6. The van der Waals surface area contributed by atoms with Crippen molar-refractivity contribution < 1.29 is 47.6 Å². The topological polar surface area (TPSA) is 124 Å². The van der Waals surface area contributed by atoms with Crippen molar-refractivity contribution in [3.8, 4) is 23.0 Å². The van der Waals surface area contributed by atoms with E-state index in [1.165, 1.54) is 35.5 Å². The van der Waals surface area contributed by atoms with Crippen LogP contribution in [-0.4, -0.2) is 71.5 Å². The van der Waals surface area contributed by atoms with Gasteiger partial charge in [0.15, 0.2) is 34.6 Å². The summed E-state index contributed by atoms with van der Waals surface area (Å²) < 4.78 is 30.5. The number of benzene rings is 2. The number of hydrogen-bond donors (Lipinski definition) is 0. The molecule has 10 nitrogen and oxygen atoms in total.